The summed E-state index contributed by atoms with van der Waals surface area (Å²) in [6, 6.07) is 3.88. The lowest BCUT2D eigenvalue weighted by Gasteiger charge is -2.26. The highest BCUT2D eigenvalue weighted by atomic mass is 35.5. The number of ether oxygens (including phenoxy) is 2. The zero-order valence-corrected chi connectivity index (χ0v) is 14.0. The molecule has 1 heterocycles. The Balaban J connectivity index is 2.50. The number of benzene rings is 1. The molecule has 0 atom stereocenters. The number of aliphatic imine (C=N–C) groups is 1. The maximum Gasteiger partial charge on any atom is 0.205 e. The predicted octanol–water partition coefficient (Wildman–Crippen LogP) is 3.93. The molecule has 0 fully saturated rings. The van der Waals surface area contributed by atoms with Crippen molar-refractivity contribution in [3.8, 4) is 11.5 Å². The zero-order chi connectivity index (χ0) is 14.8. The third kappa shape index (κ3) is 3.02. The van der Waals surface area contributed by atoms with Crippen LogP contribution in [0.25, 0.3) is 0 Å². The summed E-state index contributed by atoms with van der Waals surface area (Å²) in [7, 11) is 3.24. The summed E-state index contributed by atoms with van der Waals surface area (Å²) in [6.07, 6.45) is 0.847. The van der Waals surface area contributed by atoms with Gasteiger partial charge in [-0.1, -0.05) is 30.1 Å². The summed E-state index contributed by atoms with van der Waals surface area (Å²) in [4.78, 5) is 4.53. The highest BCUT2D eigenvalue weighted by Gasteiger charge is 2.35. The van der Waals surface area contributed by atoms with Gasteiger partial charge in [-0.15, -0.1) is 11.8 Å². The second-order valence-corrected chi connectivity index (χ2v) is 7.55. The van der Waals surface area contributed by atoms with E-state index in [1.54, 1.807) is 14.2 Å². The number of rotatable bonds is 5. The molecule has 1 aliphatic rings. The average Bonchev–Trinajstić information content (AvgIpc) is 2.44. The van der Waals surface area contributed by atoms with Gasteiger partial charge in [-0.3, -0.25) is 4.99 Å². The first-order valence-electron chi connectivity index (χ1n) is 6.35. The van der Waals surface area contributed by atoms with Crippen molar-refractivity contribution in [2.24, 2.45) is 4.99 Å². The third-order valence-electron chi connectivity index (χ3n) is 3.12. The van der Waals surface area contributed by atoms with E-state index in [1.807, 2.05) is 19.1 Å². The van der Waals surface area contributed by atoms with Crippen LogP contribution < -0.4 is 9.47 Å². The van der Waals surface area contributed by atoms with Gasteiger partial charge < -0.3 is 9.47 Å². The number of methoxy groups -OCH3 is 2. The van der Waals surface area contributed by atoms with E-state index in [4.69, 9.17) is 32.7 Å². The van der Waals surface area contributed by atoms with Crippen molar-refractivity contribution in [3.63, 3.8) is 0 Å². The Hall–Kier alpha value is -0.580. The second kappa shape index (κ2) is 6.46. The topological polar surface area (TPSA) is 30.8 Å². The fourth-order valence-electron chi connectivity index (χ4n) is 2.22. The van der Waals surface area contributed by atoms with E-state index in [0.717, 1.165) is 23.3 Å². The number of thioether (sulfide) groups is 1. The van der Waals surface area contributed by atoms with E-state index >= 15 is 0 Å². The lowest BCUT2D eigenvalue weighted by atomic mass is 9.97. The van der Waals surface area contributed by atoms with Gasteiger partial charge in [-0.25, -0.2) is 0 Å². The van der Waals surface area contributed by atoms with Crippen LogP contribution in [0.5, 0.6) is 11.5 Å². The molecular weight excluding hydrogens is 317 g/mol. The van der Waals surface area contributed by atoms with Crippen LogP contribution in [0.4, 0.5) is 0 Å². The SMILES string of the molecule is CCSC(Cl)(Cl)C1=NCCc2cc(OC)c(OC)cc21. The average molecular weight is 334 g/mol. The standard InChI is InChI=1S/C14H17Cl2NO2S/c1-4-20-14(15,16)13-10-8-12(19-3)11(18-2)7-9(10)5-6-17-13/h7-8H,4-6H2,1-3H3. The number of halogens is 2. The van der Waals surface area contributed by atoms with Crippen molar-refractivity contribution >= 4 is 40.7 Å². The van der Waals surface area contributed by atoms with Crippen molar-refractivity contribution in [1.29, 1.82) is 0 Å². The number of nitrogens with zero attached hydrogens (tertiary/aromatic N) is 1. The molecule has 2 rings (SSSR count). The van der Waals surface area contributed by atoms with E-state index in [0.29, 0.717) is 23.8 Å². The molecule has 1 aromatic rings. The fraction of sp³-hybridized carbons (Fsp3) is 0.500. The second-order valence-electron chi connectivity index (χ2n) is 4.29. The molecule has 0 N–H and O–H groups in total. The smallest absolute Gasteiger partial charge is 0.205 e. The Labute approximate surface area is 133 Å². The van der Waals surface area contributed by atoms with Crippen LogP contribution in [0, 0.1) is 0 Å². The Kier molecular flexibility index (Phi) is 5.10. The summed E-state index contributed by atoms with van der Waals surface area (Å²) in [5, 5.41) is 0. The van der Waals surface area contributed by atoms with Gasteiger partial charge in [0.15, 0.2) is 11.5 Å². The molecule has 0 bridgehead atoms. The predicted molar refractivity (Wildman–Crippen MR) is 87.2 cm³/mol. The monoisotopic (exact) mass is 333 g/mol. The largest absolute Gasteiger partial charge is 0.493 e. The summed E-state index contributed by atoms with van der Waals surface area (Å²) >= 11 is 14.3. The van der Waals surface area contributed by atoms with Gasteiger partial charge in [0, 0.05) is 12.1 Å². The molecule has 0 saturated heterocycles. The molecule has 0 spiro atoms. The molecule has 0 radical (unpaired) electrons. The van der Waals surface area contributed by atoms with E-state index in [9.17, 15) is 0 Å². The van der Waals surface area contributed by atoms with Crippen LogP contribution >= 0.6 is 35.0 Å². The lowest BCUT2D eigenvalue weighted by molar-refractivity contribution is 0.354. The fourth-order valence-corrected chi connectivity index (χ4v) is 3.87. The van der Waals surface area contributed by atoms with Crippen molar-refractivity contribution in [1.82, 2.24) is 0 Å². The molecule has 1 aromatic carbocycles. The quantitative estimate of drug-likeness (QED) is 0.765. The van der Waals surface area contributed by atoms with Gasteiger partial charge in [-0.2, -0.15) is 0 Å². The minimum Gasteiger partial charge on any atom is -0.493 e. The maximum atomic E-state index is 6.44. The molecular formula is C14H17Cl2NO2S. The summed E-state index contributed by atoms with van der Waals surface area (Å²) in [6.45, 7) is 2.70. The summed E-state index contributed by atoms with van der Waals surface area (Å²) in [5.74, 6) is 2.19. The van der Waals surface area contributed by atoms with Crippen LogP contribution in [-0.2, 0) is 6.42 Å². The minimum atomic E-state index is -1.04. The molecule has 0 saturated carbocycles. The van der Waals surface area contributed by atoms with Gasteiger partial charge in [0.05, 0.1) is 19.9 Å². The lowest BCUT2D eigenvalue weighted by Crippen LogP contribution is -2.28. The highest BCUT2D eigenvalue weighted by Crippen LogP contribution is 2.42. The van der Waals surface area contributed by atoms with Crippen molar-refractivity contribution < 1.29 is 9.47 Å². The molecule has 3 nitrogen and oxygen atoms in total. The van der Waals surface area contributed by atoms with E-state index in [2.05, 4.69) is 4.99 Å². The molecule has 0 aliphatic carbocycles. The molecule has 0 unspecified atom stereocenters. The van der Waals surface area contributed by atoms with Crippen molar-refractivity contribution in [3.05, 3.63) is 23.3 Å². The van der Waals surface area contributed by atoms with Crippen LogP contribution in [0.15, 0.2) is 17.1 Å². The van der Waals surface area contributed by atoms with Gasteiger partial charge in [0.2, 0.25) is 3.67 Å². The zero-order valence-electron chi connectivity index (χ0n) is 11.7. The first-order chi connectivity index (χ1) is 9.53. The van der Waals surface area contributed by atoms with Gasteiger partial charge in [0.25, 0.3) is 0 Å². The van der Waals surface area contributed by atoms with Crippen molar-refractivity contribution in [2.75, 3.05) is 26.5 Å². The van der Waals surface area contributed by atoms with Crippen LogP contribution in [0.2, 0.25) is 0 Å². The van der Waals surface area contributed by atoms with Gasteiger partial charge >= 0.3 is 0 Å². The van der Waals surface area contributed by atoms with Crippen molar-refractivity contribution in [2.45, 2.75) is 17.0 Å². The Morgan fingerprint density at radius 1 is 1.25 bits per heavy atom. The Bertz CT molecular complexity index is 532. The first kappa shape index (κ1) is 15.8. The van der Waals surface area contributed by atoms with E-state index in [-0.39, 0.29) is 0 Å². The molecule has 110 valence electrons. The third-order valence-corrected chi connectivity index (χ3v) is 4.97. The Morgan fingerprint density at radius 3 is 2.50 bits per heavy atom. The number of fused-ring (bicyclic) bond motifs is 1. The van der Waals surface area contributed by atoms with Gasteiger partial charge in [-0.05, 0) is 29.9 Å². The number of hydrogen-bond donors (Lipinski definition) is 0. The Morgan fingerprint density at radius 2 is 1.90 bits per heavy atom. The number of alkyl halides is 2. The highest BCUT2D eigenvalue weighted by molar-refractivity contribution is 8.04. The maximum absolute atomic E-state index is 6.44. The molecule has 0 aromatic heterocycles. The van der Waals surface area contributed by atoms with Gasteiger partial charge in [0.1, 0.15) is 0 Å². The van der Waals surface area contributed by atoms with Crippen LogP contribution in [0.1, 0.15) is 18.1 Å². The van der Waals surface area contributed by atoms with E-state index in [1.165, 1.54) is 11.8 Å². The summed E-state index contributed by atoms with van der Waals surface area (Å²) < 4.78 is 9.65. The molecule has 6 heteroatoms. The molecule has 1 aliphatic heterocycles. The normalized spacial score (nSPS) is 14.6. The minimum absolute atomic E-state index is 0.659. The first-order valence-corrected chi connectivity index (χ1v) is 8.09. The van der Waals surface area contributed by atoms with E-state index < -0.39 is 3.67 Å². The number of hydrogen-bond acceptors (Lipinski definition) is 4. The summed E-state index contributed by atoms with van der Waals surface area (Å²) in [5.41, 5.74) is 2.78. The van der Waals surface area contributed by atoms with Crippen LogP contribution in [0.3, 0.4) is 0 Å². The molecule has 0 amide bonds. The van der Waals surface area contributed by atoms with Crippen LogP contribution in [-0.4, -0.2) is 35.9 Å². The molecule has 20 heavy (non-hydrogen) atoms.